The number of benzene rings is 1. The standard InChI is InChI=1S/C15H20Cl2N2O4S/c1-18(10-14(20)21)11-4-3-8-19(9-7-11)24(22,23)15-12(16)5-2-6-13(15)17/h2,5-6,11H,3-4,7-10H2,1H3,(H,20,21). The number of rotatable bonds is 5. The van der Waals surface area contributed by atoms with E-state index in [9.17, 15) is 13.2 Å². The lowest BCUT2D eigenvalue weighted by Crippen LogP contribution is -2.37. The van der Waals surface area contributed by atoms with Crippen LogP contribution in [0.2, 0.25) is 10.0 Å². The van der Waals surface area contributed by atoms with Crippen molar-refractivity contribution in [3.05, 3.63) is 28.2 Å². The molecule has 1 aromatic rings. The van der Waals surface area contributed by atoms with Crippen molar-refractivity contribution in [3.63, 3.8) is 0 Å². The number of halogens is 2. The van der Waals surface area contributed by atoms with Crippen molar-refractivity contribution >= 4 is 39.2 Å². The molecule has 0 radical (unpaired) electrons. The van der Waals surface area contributed by atoms with Crippen LogP contribution in [0.4, 0.5) is 0 Å². The van der Waals surface area contributed by atoms with E-state index < -0.39 is 16.0 Å². The van der Waals surface area contributed by atoms with Gasteiger partial charge < -0.3 is 5.11 Å². The molecule has 1 aromatic carbocycles. The second kappa shape index (κ2) is 8.01. The maximum Gasteiger partial charge on any atom is 0.317 e. The molecule has 0 aromatic heterocycles. The monoisotopic (exact) mass is 394 g/mol. The first kappa shape index (κ1) is 19.5. The zero-order chi connectivity index (χ0) is 17.9. The molecule has 0 aliphatic carbocycles. The molecular formula is C15H20Cl2N2O4S. The lowest BCUT2D eigenvalue weighted by Gasteiger charge is -2.25. The first-order valence-electron chi connectivity index (χ1n) is 7.59. The highest BCUT2D eigenvalue weighted by atomic mass is 35.5. The fourth-order valence-corrected chi connectivity index (χ4v) is 5.52. The third-order valence-corrected chi connectivity index (χ3v) is 7.04. The van der Waals surface area contributed by atoms with Crippen LogP contribution in [0.5, 0.6) is 0 Å². The SMILES string of the molecule is CN(CC(=O)O)C1CCCN(S(=O)(=O)c2c(Cl)cccc2Cl)CC1. The molecule has 0 amide bonds. The van der Waals surface area contributed by atoms with Crippen molar-refractivity contribution in [2.24, 2.45) is 0 Å². The van der Waals surface area contributed by atoms with E-state index in [2.05, 4.69) is 0 Å². The number of hydrogen-bond acceptors (Lipinski definition) is 4. The van der Waals surface area contributed by atoms with Crippen LogP contribution in [-0.2, 0) is 14.8 Å². The minimum absolute atomic E-state index is 0.0306. The molecule has 1 aliphatic heterocycles. The number of nitrogens with zero attached hydrogens (tertiary/aromatic N) is 2. The van der Waals surface area contributed by atoms with E-state index in [4.69, 9.17) is 28.3 Å². The average molecular weight is 395 g/mol. The van der Waals surface area contributed by atoms with Gasteiger partial charge in [-0.05, 0) is 38.4 Å². The minimum atomic E-state index is -3.78. The van der Waals surface area contributed by atoms with E-state index in [0.29, 0.717) is 25.9 Å². The molecule has 0 bridgehead atoms. The van der Waals surface area contributed by atoms with Crippen LogP contribution in [0.1, 0.15) is 19.3 Å². The molecule has 1 unspecified atom stereocenters. The van der Waals surface area contributed by atoms with E-state index in [0.717, 1.165) is 6.42 Å². The number of carboxylic acid groups (broad SMARTS) is 1. The fraction of sp³-hybridized carbons (Fsp3) is 0.533. The summed E-state index contributed by atoms with van der Waals surface area (Å²) >= 11 is 12.1. The van der Waals surface area contributed by atoms with Crippen LogP contribution >= 0.6 is 23.2 Å². The van der Waals surface area contributed by atoms with Crippen LogP contribution in [-0.4, -0.2) is 61.4 Å². The molecule has 1 fully saturated rings. The first-order valence-corrected chi connectivity index (χ1v) is 9.79. The molecule has 24 heavy (non-hydrogen) atoms. The predicted molar refractivity (Wildman–Crippen MR) is 93.1 cm³/mol. The topological polar surface area (TPSA) is 77.9 Å². The Morgan fingerprint density at radius 3 is 2.50 bits per heavy atom. The van der Waals surface area contributed by atoms with Gasteiger partial charge in [0.15, 0.2) is 0 Å². The average Bonchev–Trinajstić information content (AvgIpc) is 2.72. The van der Waals surface area contributed by atoms with Crippen molar-refractivity contribution < 1.29 is 18.3 Å². The number of likely N-dealkylation sites (N-methyl/N-ethyl adjacent to an activating group) is 1. The molecule has 1 heterocycles. The zero-order valence-electron chi connectivity index (χ0n) is 13.3. The highest BCUT2D eigenvalue weighted by molar-refractivity contribution is 7.89. The Morgan fingerprint density at radius 2 is 1.92 bits per heavy atom. The van der Waals surface area contributed by atoms with Gasteiger partial charge in [0, 0.05) is 19.1 Å². The molecule has 0 spiro atoms. The molecule has 1 aliphatic rings. The summed E-state index contributed by atoms with van der Waals surface area (Å²) in [5.41, 5.74) is 0. The molecule has 1 N–H and O–H groups in total. The second-order valence-corrected chi connectivity index (χ2v) is 8.54. The molecule has 134 valence electrons. The molecular weight excluding hydrogens is 375 g/mol. The summed E-state index contributed by atoms with van der Waals surface area (Å²) in [6, 6.07) is 4.63. The predicted octanol–water partition coefficient (Wildman–Crippen LogP) is 2.55. The fourth-order valence-electron chi connectivity index (χ4n) is 2.93. The van der Waals surface area contributed by atoms with Gasteiger partial charge in [0.2, 0.25) is 10.0 Å². The highest BCUT2D eigenvalue weighted by Gasteiger charge is 2.32. The largest absolute Gasteiger partial charge is 0.480 e. The van der Waals surface area contributed by atoms with Crippen molar-refractivity contribution in [2.45, 2.75) is 30.2 Å². The van der Waals surface area contributed by atoms with Gasteiger partial charge in [-0.15, -0.1) is 0 Å². The number of hydrogen-bond donors (Lipinski definition) is 1. The summed E-state index contributed by atoms with van der Waals surface area (Å²) in [5.74, 6) is -0.894. The van der Waals surface area contributed by atoms with Gasteiger partial charge in [0.25, 0.3) is 0 Å². The molecule has 0 saturated carbocycles. The van der Waals surface area contributed by atoms with Gasteiger partial charge in [-0.1, -0.05) is 29.3 Å². The summed E-state index contributed by atoms with van der Waals surface area (Å²) in [6.07, 6.45) is 1.95. The smallest absolute Gasteiger partial charge is 0.317 e. The maximum absolute atomic E-state index is 12.9. The summed E-state index contributed by atoms with van der Waals surface area (Å²) in [7, 11) is -2.04. The number of carboxylic acids is 1. The Hall–Kier alpha value is -0.860. The Labute approximate surface area is 152 Å². The lowest BCUT2D eigenvalue weighted by molar-refractivity contribution is -0.138. The van der Waals surface area contributed by atoms with E-state index >= 15 is 0 Å². The van der Waals surface area contributed by atoms with E-state index in [1.165, 1.54) is 16.4 Å². The van der Waals surface area contributed by atoms with Crippen LogP contribution in [0.3, 0.4) is 0 Å². The van der Waals surface area contributed by atoms with E-state index in [1.807, 2.05) is 0 Å². The number of sulfonamides is 1. The molecule has 1 atom stereocenters. The molecule has 6 nitrogen and oxygen atoms in total. The van der Waals surface area contributed by atoms with E-state index in [1.54, 1.807) is 18.0 Å². The quantitative estimate of drug-likeness (QED) is 0.829. The number of aliphatic carboxylic acids is 1. The van der Waals surface area contributed by atoms with E-state index in [-0.39, 0.29) is 27.5 Å². The minimum Gasteiger partial charge on any atom is -0.480 e. The third kappa shape index (κ3) is 4.40. The van der Waals surface area contributed by atoms with Gasteiger partial charge in [-0.2, -0.15) is 4.31 Å². The zero-order valence-corrected chi connectivity index (χ0v) is 15.6. The van der Waals surface area contributed by atoms with Crippen LogP contribution in [0, 0.1) is 0 Å². The van der Waals surface area contributed by atoms with Gasteiger partial charge >= 0.3 is 5.97 Å². The number of carbonyl (C=O) groups is 1. The maximum atomic E-state index is 12.9. The molecule has 9 heteroatoms. The Balaban J connectivity index is 2.17. The summed E-state index contributed by atoms with van der Waals surface area (Å²) < 4.78 is 27.2. The van der Waals surface area contributed by atoms with Crippen LogP contribution in [0.25, 0.3) is 0 Å². The third-order valence-electron chi connectivity index (χ3n) is 4.18. The van der Waals surface area contributed by atoms with Crippen molar-refractivity contribution in [2.75, 3.05) is 26.7 Å². The van der Waals surface area contributed by atoms with Crippen molar-refractivity contribution in [3.8, 4) is 0 Å². The highest BCUT2D eigenvalue weighted by Crippen LogP contribution is 2.32. The summed E-state index contributed by atoms with van der Waals surface area (Å²) in [4.78, 5) is 12.5. The second-order valence-electron chi connectivity index (χ2n) is 5.85. The van der Waals surface area contributed by atoms with Gasteiger partial charge in [0.05, 0.1) is 16.6 Å². The Kier molecular flexibility index (Phi) is 6.50. The van der Waals surface area contributed by atoms with Crippen LogP contribution in [0.15, 0.2) is 23.1 Å². The normalized spacial score (nSPS) is 20.1. The molecule has 2 rings (SSSR count). The van der Waals surface area contributed by atoms with Crippen LogP contribution < -0.4 is 0 Å². The van der Waals surface area contributed by atoms with Gasteiger partial charge in [-0.25, -0.2) is 8.42 Å². The van der Waals surface area contributed by atoms with Gasteiger partial charge in [-0.3, -0.25) is 9.69 Å². The lowest BCUT2D eigenvalue weighted by atomic mass is 10.1. The van der Waals surface area contributed by atoms with Crippen molar-refractivity contribution in [1.29, 1.82) is 0 Å². The Morgan fingerprint density at radius 1 is 1.29 bits per heavy atom. The first-order chi connectivity index (χ1) is 11.2. The van der Waals surface area contributed by atoms with Gasteiger partial charge in [0.1, 0.15) is 4.90 Å². The summed E-state index contributed by atoms with van der Waals surface area (Å²) in [5, 5.41) is 9.10. The Bertz CT molecular complexity index is 691. The van der Waals surface area contributed by atoms with Crippen molar-refractivity contribution in [1.82, 2.24) is 9.21 Å². The molecule has 1 saturated heterocycles. The summed E-state index contributed by atoms with van der Waals surface area (Å²) in [6.45, 7) is 0.605.